The third kappa shape index (κ3) is 4.39. The highest BCUT2D eigenvalue weighted by molar-refractivity contribution is 7.19. The van der Waals surface area contributed by atoms with Gasteiger partial charge < -0.3 is 15.3 Å². The van der Waals surface area contributed by atoms with E-state index in [2.05, 4.69) is 39.5 Å². The molecule has 2 aromatic heterocycles. The summed E-state index contributed by atoms with van der Waals surface area (Å²) in [5, 5.41) is 20.7. The van der Waals surface area contributed by atoms with Crippen LogP contribution in [0.15, 0.2) is 30.5 Å². The summed E-state index contributed by atoms with van der Waals surface area (Å²) < 4.78 is 1.05. The fraction of sp³-hybridized carbons (Fsp3) is 0.452. The Morgan fingerprint density at radius 1 is 1.20 bits per heavy atom. The Morgan fingerprint density at radius 3 is 2.66 bits per heavy atom. The molecule has 2 N–H and O–H groups in total. The summed E-state index contributed by atoms with van der Waals surface area (Å²) in [7, 11) is 0. The number of nitriles is 1. The van der Waals surface area contributed by atoms with Gasteiger partial charge >= 0.3 is 0 Å². The zero-order chi connectivity index (χ0) is 28.3. The first-order chi connectivity index (χ1) is 19.9. The number of carboxylic acid groups (broad SMARTS) is 1. The molecule has 8 rings (SSSR count). The molecular weight excluding hydrogens is 538 g/mol. The van der Waals surface area contributed by atoms with Crippen LogP contribution < -0.4 is 10.2 Å². The second-order valence-electron chi connectivity index (χ2n) is 12.0. The minimum atomic E-state index is -0.250. The van der Waals surface area contributed by atoms with Crippen LogP contribution in [0.5, 0.6) is 0 Å². The van der Waals surface area contributed by atoms with Crippen LogP contribution in [-0.4, -0.2) is 57.9 Å². The van der Waals surface area contributed by atoms with Crippen molar-refractivity contribution in [3.63, 3.8) is 0 Å². The summed E-state index contributed by atoms with van der Waals surface area (Å²) in [5.74, 6) is 1.04. The SMILES string of the molecule is N#Cc1cc(-c2ccnc3cc(CN4C(=O)CCC4=O)sc23)c2c(c1)[C@@H]1C[C@@H]1CN2[C@@H]1CNC2(CCC2)C1.O=CO. The zero-order valence-electron chi connectivity index (χ0n) is 22.6. The molecule has 5 aliphatic rings. The summed E-state index contributed by atoms with van der Waals surface area (Å²) in [6, 6.07) is 11.2. The molecule has 5 heterocycles. The van der Waals surface area contributed by atoms with Crippen LogP contribution in [-0.2, 0) is 20.9 Å². The molecule has 9 nitrogen and oxygen atoms in total. The van der Waals surface area contributed by atoms with Crippen molar-refractivity contribution in [3.8, 4) is 17.2 Å². The Morgan fingerprint density at radius 2 is 1.98 bits per heavy atom. The number of hydrogen-bond acceptors (Lipinski definition) is 8. The fourth-order valence-corrected chi connectivity index (χ4v) is 8.53. The number of amides is 2. The van der Waals surface area contributed by atoms with E-state index >= 15 is 0 Å². The van der Waals surface area contributed by atoms with E-state index in [1.807, 2.05) is 12.3 Å². The molecule has 2 amide bonds. The molecule has 1 aromatic carbocycles. The van der Waals surface area contributed by atoms with Gasteiger partial charge in [-0.25, -0.2) is 0 Å². The van der Waals surface area contributed by atoms with Gasteiger partial charge in [-0.15, -0.1) is 11.3 Å². The number of anilines is 1. The maximum absolute atomic E-state index is 12.2. The molecule has 0 radical (unpaired) electrons. The first-order valence-corrected chi connectivity index (χ1v) is 15.1. The van der Waals surface area contributed by atoms with Crippen LogP contribution in [0.3, 0.4) is 0 Å². The summed E-state index contributed by atoms with van der Waals surface area (Å²) in [5.41, 5.74) is 6.76. The third-order valence-electron chi connectivity index (χ3n) is 9.62. The Labute approximate surface area is 241 Å². The van der Waals surface area contributed by atoms with Crippen LogP contribution >= 0.6 is 11.3 Å². The average Bonchev–Trinajstić information content (AvgIpc) is 3.25. The van der Waals surface area contributed by atoms with Crippen LogP contribution in [0.25, 0.3) is 21.3 Å². The van der Waals surface area contributed by atoms with Crippen molar-refractivity contribution in [1.29, 1.82) is 5.26 Å². The van der Waals surface area contributed by atoms with E-state index in [-0.39, 0.29) is 18.3 Å². The molecule has 210 valence electrons. The van der Waals surface area contributed by atoms with E-state index in [1.54, 1.807) is 11.3 Å². The number of carbonyl (C=O) groups is 3. The minimum absolute atomic E-state index is 0.0968. The van der Waals surface area contributed by atoms with Crippen LogP contribution in [0.2, 0.25) is 0 Å². The number of hydrogen-bond donors (Lipinski definition) is 2. The standard InChI is InChI=1S/C30H29N5O2S.CH2O2/c31-13-17-8-23(21-4-7-32-25-11-20(38-29(21)25)16-35-26(36)2-3-27(35)37)28-24(9-17)22-10-18(22)15-34(28)19-12-30(33-14-19)5-1-6-30;2-1-3/h4,7-9,11,18-19,22,33H,1-3,5-6,10,12,14-16H2;1H,(H,2,3)/t18-,19+,22-;/m1./s1. The van der Waals surface area contributed by atoms with Crippen molar-refractivity contribution < 1.29 is 19.5 Å². The summed E-state index contributed by atoms with van der Waals surface area (Å²) in [6.07, 6.45) is 8.72. The molecular formula is C31H31N5O4S. The molecule has 0 unspecified atom stereocenters. The van der Waals surface area contributed by atoms with E-state index in [9.17, 15) is 14.9 Å². The molecule has 2 aliphatic carbocycles. The van der Waals surface area contributed by atoms with Crippen molar-refractivity contribution in [3.05, 3.63) is 46.5 Å². The smallest absolute Gasteiger partial charge is 0.290 e. The molecule has 3 aromatic rings. The lowest BCUT2D eigenvalue weighted by Gasteiger charge is -2.41. The number of thiophene rings is 1. The summed E-state index contributed by atoms with van der Waals surface area (Å²) in [4.78, 5) is 42.5. The quantitative estimate of drug-likeness (QED) is 0.350. The molecule has 1 spiro atoms. The molecule has 41 heavy (non-hydrogen) atoms. The monoisotopic (exact) mass is 569 g/mol. The van der Waals surface area contributed by atoms with Gasteiger partial charge in [-0.2, -0.15) is 5.26 Å². The van der Waals surface area contributed by atoms with Crippen LogP contribution in [0.1, 0.15) is 66.9 Å². The number of aromatic nitrogens is 1. The maximum Gasteiger partial charge on any atom is 0.290 e. The Kier molecular flexibility index (Phi) is 6.32. The maximum atomic E-state index is 12.2. The van der Waals surface area contributed by atoms with Crippen molar-refractivity contribution in [1.82, 2.24) is 15.2 Å². The second-order valence-corrected chi connectivity index (χ2v) is 13.1. The molecule has 2 saturated heterocycles. The lowest BCUT2D eigenvalue weighted by Crippen LogP contribution is -2.46. The first-order valence-electron chi connectivity index (χ1n) is 14.3. The van der Waals surface area contributed by atoms with E-state index in [0.717, 1.165) is 39.3 Å². The normalized spacial score (nSPS) is 25.3. The second kappa shape index (κ2) is 9.93. The number of pyridine rings is 1. The van der Waals surface area contributed by atoms with Gasteiger partial charge in [0.2, 0.25) is 11.8 Å². The highest BCUT2D eigenvalue weighted by Gasteiger charge is 2.51. The molecule has 3 atom stereocenters. The third-order valence-corrected chi connectivity index (χ3v) is 10.8. The van der Waals surface area contributed by atoms with Gasteiger partial charge in [0, 0.05) is 65.4 Å². The van der Waals surface area contributed by atoms with Crippen LogP contribution in [0, 0.1) is 17.2 Å². The lowest BCUT2D eigenvalue weighted by molar-refractivity contribution is -0.139. The predicted molar refractivity (Wildman–Crippen MR) is 154 cm³/mol. The molecule has 3 aliphatic heterocycles. The van der Waals surface area contributed by atoms with Gasteiger partial charge in [0.25, 0.3) is 6.47 Å². The van der Waals surface area contributed by atoms with E-state index in [4.69, 9.17) is 9.90 Å². The van der Waals surface area contributed by atoms with Crippen LogP contribution in [0.4, 0.5) is 5.69 Å². The van der Waals surface area contributed by atoms with Crippen molar-refractivity contribution >= 4 is 45.5 Å². The number of likely N-dealkylation sites (tertiary alicyclic amines) is 1. The Bertz CT molecular complexity index is 1610. The van der Waals surface area contributed by atoms with E-state index in [1.165, 1.54) is 48.3 Å². The van der Waals surface area contributed by atoms with Gasteiger partial charge in [0.05, 0.1) is 28.4 Å². The van der Waals surface area contributed by atoms with Gasteiger partial charge in [0.15, 0.2) is 0 Å². The predicted octanol–water partition coefficient (Wildman–Crippen LogP) is 4.39. The highest BCUT2D eigenvalue weighted by atomic mass is 32.1. The number of imide groups is 1. The molecule has 10 heteroatoms. The summed E-state index contributed by atoms with van der Waals surface area (Å²) in [6.45, 7) is 2.16. The first kappa shape index (κ1) is 26.1. The average molecular weight is 570 g/mol. The van der Waals surface area contributed by atoms with Crippen molar-refractivity contribution in [2.24, 2.45) is 5.92 Å². The molecule has 4 fully saturated rings. The van der Waals surface area contributed by atoms with Gasteiger partial charge in [-0.05, 0) is 73.8 Å². The fourth-order valence-electron chi connectivity index (χ4n) is 7.40. The number of nitrogens with zero attached hydrogens (tertiary/aromatic N) is 4. The zero-order valence-corrected chi connectivity index (χ0v) is 23.5. The Hall–Kier alpha value is -3.81. The molecule has 2 saturated carbocycles. The van der Waals surface area contributed by atoms with Crippen molar-refractivity contribution in [2.75, 3.05) is 18.0 Å². The number of fused-ring (bicyclic) bond motifs is 4. The van der Waals surface area contributed by atoms with E-state index in [0.29, 0.717) is 48.4 Å². The number of carbonyl (C=O) groups excluding carboxylic acids is 2. The van der Waals surface area contributed by atoms with Gasteiger partial charge in [-0.1, -0.05) is 0 Å². The van der Waals surface area contributed by atoms with Gasteiger partial charge in [-0.3, -0.25) is 24.3 Å². The number of rotatable bonds is 4. The van der Waals surface area contributed by atoms with Crippen molar-refractivity contribution in [2.45, 2.75) is 69.0 Å². The van der Waals surface area contributed by atoms with Gasteiger partial charge in [0.1, 0.15) is 0 Å². The topological polar surface area (TPSA) is 127 Å². The largest absolute Gasteiger partial charge is 0.483 e. The molecule has 0 bridgehead atoms. The van der Waals surface area contributed by atoms with E-state index < -0.39 is 0 Å². The minimum Gasteiger partial charge on any atom is -0.483 e. The summed E-state index contributed by atoms with van der Waals surface area (Å²) >= 11 is 1.61. The lowest BCUT2D eigenvalue weighted by atomic mass is 9.75. The Balaban J connectivity index is 0.000000884. The highest BCUT2D eigenvalue weighted by Crippen LogP contribution is 2.58. The number of benzene rings is 1. The number of nitrogens with one attached hydrogen (secondary N) is 1.